The van der Waals surface area contributed by atoms with Crippen LogP contribution in [0.25, 0.3) is 0 Å². The highest BCUT2D eigenvalue weighted by Crippen LogP contribution is 2.32. The first-order chi connectivity index (χ1) is 10.1. The van der Waals surface area contributed by atoms with Gasteiger partial charge in [-0.05, 0) is 25.7 Å². The largest absolute Gasteiger partial charge is 0.390 e. The Balaban J connectivity index is 2.22. The predicted octanol–water partition coefficient (Wildman–Crippen LogP) is 3.04. The minimum Gasteiger partial charge on any atom is -0.390 e. The van der Waals surface area contributed by atoms with E-state index in [-0.39, 0.29) is 0 Å². The van der Waals surface area contributed by atoms with E-state index in [1.807, 2.05) is 30.4 Å². The van der Waals surface area contributed by atoms with Crippen LogP contribution in [0, 0.1) is 0 Å². The SMILES string of the molecule is CCCC[C@H](O)[C@H](O)/C=C/C=C/C=C\C=C\C1(O)CCC1. The molecule has 0 heterocycles. The van der Waals surface area contributed by atoms with Crippen LogP contribution in [-0.2, 0) is 0 Å². The number of hydrogen-bond donors (Lipinski definition) is 3. The fourth-order valence-corrected chi connectivity index (χ4v) is 2.09. The Morgan fingerprint density at radius 1 is 1.00 bits per heavy atom. The molecule has 0 bridgehead atoms. The molecule has 0 saturated heterocycles. The normalized spacial score (nSPS) is 21.5. The lowest BCUT2D eigenvalue weighted by Crippen LogP contribution is -2.33. The summed E-state index contributed by atoms with van der Waals surface area (Å²) in [5, 5.41) is 29.2. The molecule has 3 nitrogen and oxygen atoms in total. The first-order valence-electron chi connectivity index (χ1n) is 7.85. The van der Waals surface area contributed by atoms with Crippen molar-refractivity contribution in [1.82, 2.24) is 0 Å². The van der Waals surface area contributed by atoms with Crippen molar-refractivity contribution in [2.24, 2.45) is 0 Å². The van der Waals surface area contributed by atoms with E-state index in [2.05, 4.69) is 6.92 Å². The first kappa shape index (κ1) is 17.9. The molecule has 118 valence electrons. The van der Waals surface area contributed by atoms with Gasteiger partial charge in [0, 0.05) is 0 Å². The smallest absolute Gasteiger partial charge is 0.0982 e. The van der Waals surface area contributed by atoms with Gasteiger partial charge in [-0.25, -0.2) is 0 Å². The molecule has 1 rings (SSSR count). The van der Waals surface area contributed by atoms with Gasteiger partial charge >= 0.3 is 0 Å². The van der Waals surface area contributed by atoms with Crippen LogP contribution in [0.3, 0.4) is 0 Å². The zero-order chi connectivity index (χ0) is 15.6. The van der Waals surface area contributed by atoms with Crippen LogP contribution in [0.4, 0.5) is 0 Å². The molecule has 0 aromatic rings. The molecule has 1 aliphatic rings. The summed E-state index contributed by atoms with van der Waals surface area (Å²) in [6.07, 6.45) is 18.3. The fourth-order valence-electron chi connectivity index (χ4n) is 2.09. The zero-order valence-electron chi connectivity index (χ0n) is 12.9. The molecule has 1 aliphatic carbocycles. The zero-order valence-corrected chi connectivity index (χ0v) is 12.9. The van der Waals surface area contributed by atoms with Crippen molar-refractivity contribution in [1.29, 1.82) is 0 Å². The van der Waals surface area contributed by atoms with Gasteiger partial charge in [0.1, 0.15) is 0 Å². The molecule has 0 spiro atoms. The number of rotatable bonds is 9. The summed E-state index contributed by atoms with van der Waals surface area (Å²) in [6, 6.07) is 0. The Kier molecular flexibility index (Phi) is 8.28. The van der Waals surface area contributed by atoms with E-state index in [1.165, 1.54) is 0 Å². The van der Waals surface area contributed by atoms with Gasteiger partial charge in [0.05, 0.1) is 17.8 Å². The molecular weight excluding hydrogens is 264 g/mol. The summed E-state index contributed by atoms with van der Waals surface area (Å²) in [5.74, 6) is 0. The minimum absolute atomic E-state index is 0.577. The van der Waals surface area contributed by atoms with Crippen LogP contribution in [0.2, 0.25) is 0 Å². The van der Waals surface area contributed by atoms with Crippen molar-refractivity contribution in [2.45, 2.75) is 63.3 Å². The van der Waals surface area contributed by atoms with E-state index in [1.54, 1.807) is 18.2 Å². The molecule has 3 N–H and O–H groups in total. The molecule has 0 amide bonds. The topological polar surface area (TPSA) is 60.7 Å². The number of allylic oxidation sites excluding steroid dienone is 6. The highest BCUT2D eigenvalue weighted by molar-refractivity contribution is 5.18. The fraction of sp³-hybridized carbons (Fsp3) is 0.556. The number of unbranched alkanes of at least 4 members (excludes halogenated alkanes) is 1. The molecular formula is C18H28O3. The lowest BCUT2D eigenvalue weighted by Gasteiger charge is -2.33. The first-order valence-corrected chi connectivity index (χ1v) is 7.85. The van der Waals surface area contributed by atoms with Crippen LogP contribution in [-0.4, -0.2) is 33.1 Å². The van der Waals surface area contributed by atoms with Crippen molar-refractivity contribution in [3.8, 4) is 0 Å². The Morgan fingerprint density at radius 3 is 2.19 bits per heavy atom. The molecule has 0 aromatic heterocycles. The summed E-state index contributed by atoms with van der Waals surface area (Å²) in [5.41, 5.74) is -0.577. The van der Waals surface area contributed by atoms with Gasteiger partial charge in [-0.3, -0.25) is 0 Å². The highest BCUT2D eigenvalue weighted by Gasteiger charge is 2.30. The molecule has 0 radical (unpaired) electrons. The molecule has 3 heteroatoms. The van der Waals surface area contributed by atoms with Crippen molar-refractivity contribution < 1.29 is 15.3 Å². The monoisotopic (exact) mass is 292 g/mol. The third kappa shape index (κ3) is 7.42. The van der Waals surface area contributed by atoms with E-state index < -0.39 is 17.8 Å². The van der Waals surface area contributed by atoms with Crippen molar-refractivity contribution in [3.05, 3.63) is 48.6 Å². The lowest BCUT2D eigenvalue weighted by molar-refractivity contribution is 0.0142. The van der Waals surface area contributed by atoms with Crippen molar-refractivity contribution in [2.75, 3.05) is 0 Å². The van der Waals surface area contributed by atoms with Crippen molar-refractivity contribution >= 4 is 0 Å². The van der Waals surface area contributed by atoms with Crippen LogP contribution in [0.15, 0.2) is 48.6 Å². The van der Waals surface area contributed by atoms with Crippen molar-refractivity contribution in [3.63, 3.8) is 0 Å². The summed E-state index contributed by atoms with van der Waals surface area (Å²) >= 11 is 0. The third-order valence-electron chi connectivity index (χ3n) is 3.74. The molecule has 1 saturated carbocycles. The Labute approximate surface area is 128 Å². The van der Waals surface area contributed by atoms with E-state index in [4.69, 9.17) is 0 Å². The molecule has 1 fully saturated rings. The number of aliphatic hydroxyl groups is 3. The predicted molar refractivity (Wildman–Crippen MR) is 86.9 cm³/mol. The quantitative estimate of drug-likeness (QED) is 0.572. The maximum Gasteiger partial charge on any atom is 0.0982 e. The second kappa shape index (κ2) is 9.72. The molecule has 21 heavy (non-hydrogen) atoms. The van der Waals surface area contributed by atoms with Crippen LogP contribution in [0.1, 0.15) is 45.4 Å². The highest BCUT2D eigenvalue weighted by atomic mass is 16.3. The number of aliphatic hydroxyl groups excluding tert-OH is 2. The van der Waals surface area contributed by atoms with Gasteiger partial charge < -0.3 is 15.3 Å². The molecule has 0 aromatic carbocycles. The number of hydrogen-bond acceptors (Lipinski definition) is 3. The molecule has 2 atom stereocenters. The van der Waals surface area contributed by atoms with Gasteiger partial charge in [0.2, 0.25) is 0 Å². The summed E-state index contributed by atoms with van der Waals surface area (Å²) < 4.78 is 0. The van der Waals surface area contributed by atoms with Gasteiger partial charge in [-0.1, -0.05) is 68.4 Å². The maximum atomic E-state index is 9.82. The standard InChI is InChI=1S/C18H28O3/c1-2-3-11-16(19)17(20)12-8-6-4-5-7-9-13-18(21)14-10-15-18/h4-9,12-13,16-17,19-21H,2-3,10-11,14-15H2,1H3/b6-4+,7-5-,12-8+,13-9+/t16-,17+/m0/s1. The second-order valence-electron chi connectivity index (χ2n) is 5.67. The van der Waals surface area contributed by atoms with Gasteiger partial charge in [-0.2, -0.15) is 0 Å². The lowest BCUT2D eigenvalue weighted by atomic mass is 9.80. The Hall–Kier alpha value is -1.16. The van der Waals surface area contributed by atoms with Crippen LogP contribution in [0.5, 0.6) is 0 Å². The average Bonchev–Trinajstić information content (AvgIpc) is 2.45. The van der Waals surface area contributed by atoms with Crippen LogP contribution < -0.4 is 0 Å². The van der Waals surface area contributed by atoms with E-state index in [9.17, 15) is 15.3 Å². The van der Waals surface area contributed by atoms with E-state index in [0.717, 1.165) is 32.1 Å². The molecule has 0 aliphatic heterocycles. The molecule has 0 unspecified atom stereocenters. The Morgan fingerprint density at radius 2 is 1.62 bits per heavy atom. The third-order valence-corrected chi connectivity index (χ3v) is 3.74. The second-order valence-corrected chi connectivity index (χ2v) is 5.67. The van der Waals surface area contributed by atoms with Gasteiger partial charge in [-0.15, -0.1) is 0 Å². The average molecular weight is 292 g/mol. The van der Waals surface area contributed by atoms with Gasteiger partial charge in [0.15, 0.2) is 0 Å². The summed E-state index contributed by atoms with van der Waals surface area (Å²) in [6.45, 7) is 2.06. The minimum atomic E-state index is -0.807. The van der Waals surface area contributed by atoms with Gasteiger partial charge in [0.25, 0.3) is 0 Å². The van der Waals surface area contributed by atoms with E-state index in [0.29, 0.717) is 6.42 Å². The maximum absolute atomic E-state index is 9.82. The Bertz CT molecular complexity index is 389. The van der Waals surface area contributed by atoms with Crippen LogP contribution >= 0.6 is 0 Å². The summed E-state index contributed by atoms with van der Waals surface area (Å²) in [7, 11) is 0. The van der Waals surface area contributed by atoms with E-state index >= 15 is 0 Å². The summed E-state index contributed by atoms with van der Waals surface area (Å²) in [4.78, 5) is 0.